The summed E-state index contributed by atoms with van der Waals surface area (Å²) < 4.78 is 7.08. The van der Waals surface area contributed by atoms with Crippen LogP contribution in [0.5, 0.6) is 5.75 Å². The van der Waals surface area contributed by atoms with Crippen LogP contribution in [0.15, 0.2) is 89.2 Å². The Morgan fingerprint density at radius 1 is 1.11 bits per heavy atom. The van der Waals surface area contributed by atoms with Crippen molar-refractivity contribution in [1.29, 1.82) is 0 Å². The molecule has 1 unspecified atom stereocenters. The fraction of sp³-hybridized carbons (Fsp3) is 0.111. The van der Waals surface area contributed by atoms with E-state index in [2.05, 4.69) is 15.5 Å². The predicted octanol–water partition coefficient (Wildman–Crippen LogP) is 6.02. The third-order valence-corrected chi connectivity index (χ3v) is 7.33. The van der Waals surface area contributed by atoms with Gasteiger partial charge in [-0.1, -0.05) is 59.2 Å². The summed E-state index contributed by atoms with van der Waals surface area (Å²) in [5, 5.41) is 17.2. The molecule has 37 heavy (non-hydrogen) atoms. The molecule has 2 heterocycles. The number of amides is 1. The lowest BCUT2D eigenvalue weighted by Crippen LogP contribution is -2.26. The van der Waals surface area contributed by atoms with Crippen LogP contribution in [-0.4, -0.2) is 39.4 Å². The molecule has 1 atom stereocenters. The molecule has 1 N–H and O–H groups in total. The second-order valence-electron chi connectivity index (χ2n) is 8.13. The number of carbonyl (C=O) groups excluding carboxylic acids is 1. The summed E-state index contributed by atoms with van der Waals surface area (Å²) in [6.07, 6.45) is 3.99. The van der Waals surface area contributed by atoms with Gasteiger partial charge in [0.05, 0.1) is 24.3 Å². The molecular formula is C27H21Cl2N5O2S. The van der Waals surface area contributed by atoms with Gasteiger partial charge in [-0.25, -0.2) is 4.68 Å². The molecule has 5 rings (SSSR count). The van der Waals surface area contributed by atoms with E-state index >= 15 is 0 Å². The second kappa shape index (κ2) is 11.2. The molecule has 0 aliphatic carbocycles. The fourth-order valence-electron chi connectivity index (χ4n) is 3.79. The van der Waals surface area contributed by atoms with E-state index in [-0.39, 0.29) is 11.2 Å². The molecule has 1 aliphatic rings. The van der Waals surface area contributed by atoms with Crippen molar-refractivity contribution in [2.75, 3.05) is 7.11 Å². The zero-order valence-corrected chi connectivity index (χ0v) is 22.0. The van der Waals surface area contributed by atoms with E-state index in [0.29, 0.717) is 21.6 Å². The predicted molar refractivity (Wildman–Crippen MR) is 150 cm³/mol. The van der Waals surface area contributed by atoms with Crippen molar-refractivity contribution in [3.8, 4) is 22.7 Å². The Labute approximate surface area is 228 Å². The number of ether oxygens (including phenoxy) is 1. The molecular weight excluding hydrogens is 529 g/mol. The Balaban J connectivity index is 1.37. The van der Waals surface area contributed by atoms with Crippen LogP contribution in [0, 0.1) is 0 Å². The fourth-order valence-corrected chi connectivity index (χ4v) is 5.22. The molecule has 0 saturated carbocycles. The Bertz CT molecular complexity index is 1490. The third-order valence-electron chi connectivity index (χ3n) is 5.67. The van der Waals surface area contributed by atoms with Gasteiger partial charge in [-0.05, 0) is 60.5 Å². The lowest BCUT2D eigenvalue weighted by molar-refractivity contribution is -0.118. The van der Waals surface area contributed by atoms with Crippen LogP contribution in [0.25, 0.3) is 16.9 Å². The molecule has 0 bridgehead atoms. The van der Waals surface area contributed by atoms with E-state index in [1.165, 1.54) is 11.8 Å². The van der Waals surface area contributed by atoms with Crippen LogP contribution < -0.4 is 10.1 Å². The largest absolute Gasteiger partial charge is 0.497 e. The van der Waals surface area contributed by atoms with Crippen molar-refractivity contribution in [2.24, 2.45) is 10.2 Å². The zero-order valence-electron chi connectivity index (χ0n) is 19.6. The first-order valence-corrected chi connectivity index (χ1v) is 13.0. The molecule has 1 aromatic heterocycles. The lowest BCUT2D eigenvalue weighted by atomic mass is 10.1. The van der Waals surface area contributed by atoms with Crippen molar-refractivity contribution < 1.29 is 9.53 Å². The van der Waals surface area contributed by atoms with Crippen molar-refractivity contribution in [3.05, 3.63) is 100 Å². The molecule has 3 aromatic carbocycles. The van der Waals surface area contributed by atoms with E-state index in [9.17, 15) is 4.79 Å². The molecule has 10 heteroatoms. The summed E-state index contributed by atoms with van der Waals surface area (Å²) in [6, 6.07) is 22.7. The van der Waals surface area contributed by atoms with Gasteiger partial charge in [0, 0.05) is 27.4 Å². The molecule has 7 nitrogen and oxygen atoms in total. The van der Waals surface area contributed by atoms with E-state index in [1.807, 2.05) is 66.9 Å². The van der Waals surface area contributed by atoms with E-state index in [0.717, 1.165) is 33.8 Å². The number of benzene rings is 3. The summed E-state index contributed by atoms with van der Waals surface area (Å²) in [7, 11) is 1.63. The monoisotopic (exact) mass is 549 g/mol. The second-order valence-corrected chi connectivity index (χ2v) is 10.2. The van der Waals surface area contributed by atoms with Crippen LogP contribution in [0.2, 0.25) is 10.0 Å². The third kappa shape index (κ3) is 5.88. The van der Waals surface area contributed by atoms with Gasteiger partial charge in [-0.2, -0.15) is 10.2 Å². The quantitative estimate of drug-likeness (QED) is 0.226. The average Bonchev–Trinajstić information content (AvgIpc) is 3.49. The van der Waals surface area contributed by atoms with Crippen molar-refractivity contribution in [2.45, 2.75) is 11.7 Å². The number of aromatic nitrogens is 2. The van der Waals surface area contributed by atoms with Crippen molar-refractivity contribution >= 4 is 52.3 Å². The van der Waals surface area contributed by atoms with Gasteiger partial charge in [-0.3, -0.25) is 4.79 Å². The highest BCUT2D eigenvalue weighted by Crippen LogP contribution is 2.29. The minimum absolute atomic E-state index is 0.138. The topological polar surface area (TPSA) is 80.9 Å². The highest BCUT2D eigenvalue weighted by Gasteiger charge is 2.31. The minimum Gasteiger partial charge on any atom is -0.497 e. The normalized spacial score (nSPS) is 16.5. The Morgan fingerprint density at radius 2 is 1.89 bits per heavy atom. The van der Waals surface area contributed by atoms with Crippen LogP contribution in [0.3, 0.4) is 0 Å². The highest BCUT2D eigenvalue weighted by atomic mass is 35.5. The number of rotatable bonds is 7. The summed E-state index contributed by atoms with van der Waals surface area (Å²) in [6.45, 7) is 0. The number of carbonyl (C=O) groups is 1. The minimum atomic E-state index is -0.358. The van der Waals surface area contributed by atoms with Crippen LogP contribution >= 0.6 is 35.0 Å². The van der Waals surface area contributed by atoms with E-state index in [4.69, 9.17) is 33.0 Å². The van der Waals surface area contributed by atoms with Gasteiger partial charge >= 0.3 is 0 Å². The first kappa shape index (κ1) is 25.1. The maximum atomic E-state index is 12.5. The highest BCUT2D eigenvalue weighted by molar-refractivity contribution is 8.15. The van der Waals surface area contributed by atoms with Gasteiger partial charge in [0.2, 0.25) is 5.91 Å². The SMILES string of the molecule is COc1ccc(-c2nn(-c3ccccc3)cc2/C=N/N=C2\NC(=O)C(Cc3ccc(Cl)cc3Cl)S2)cc1. The van der Waals surface area contributed by atoms with Crippen LogP contribution in [-0.2, 0) is 11.2 Å². The van der Waals surface area contributed by atoms with E-state index < -0.39 is 0 Å². The number of methoxy groups -OCH3 is 1. The first-order valence-electron chi connectivity index (χ1n) is 11.3. The number of nitrogens with one attached hydrogen (secondary N) is 1. The number of hydrogen-bond acceptors (Lipinski definition) is 6. The van der Waals surface area contributed by atoms with Crippen molar-refractivity contribution in [3.63, 3.8) is 0 Å². The summed E-state index contributed by atoms with van der Waals surface area (Å²) in [5.74, 6) is 0.622. The number of para-hydroxylation sites is 1. The maximum Gasteiger partial charge on any atom is 0.239 e. The van der Waals surface area contributed by atoms with Gasteiger partial charge in [-0.15, -0.1) is 5.10 Å². The van der Waals surface area contributed by atoms with Crippen LogP contribution in [0.4, 0.5) is 0 Å². The first-order chi connectivity index (χ1) is 18.0. The standard InChI is InChI=1S/C27H21Cl2N5O2S/c1-36-22-11-8-17(9-12-22)25-19(16-34(33-25)21-5-3-2-4-6-21)15-30-32-27-31-26(35)24(37-27)13-18-7-10-20(28)14-23(18)29/h2-12,14-16,24H,13H2,1H3,(H,31,32,35)/b30-15+. The summed E-state index contributed by atoms with van der Waals surface area (Å²) >= 11 is 13.6. The van der Waals surface area contributed by atoms with Gasteiger partial charge in [0.15, 0.2) is 5.17 Å². The number of nitrogens with zero attached hydrogens (tertiary/aromatic N) is 4. The lowest BCUT2D eigenvalue weighted by Gasteiger charge is -2.07. The molecule has 1 amide bonds. The maximum absolute atomic E-state index is 12.5. The molecule has 0 radical (unpaired) electrons. The molecule has 1 fully saturated rings. The van der Waals surface area contributed by atoms with Crippen molar-refractivity contribution in [1.82, 2.24) is 15.1 Å². The molecule has 1 aliphatic heterocycles. The summed E-state index contributed by atoms with van der Waals surface area (Å²) in [4.78, 5) is 12.5. The Kier molecular flexibility index (Phi) is 7.60. The average molecular weight is 550 g/mol. The number of thioether (sulfide) groups is 1. The molecule has 1 saturated heterocycles. The van der Waals surface area contributed by atoms with Crippen LogP contribution in [0.1, 0.15) is 11.1 Å². The number of amidine groups is 1. The molecule has 0 spiro atoms. The number of hydrogen-bond donors (Lipinski definition) is 1. The van der Waals surface area contributed by atoms with Gasteiger partial charge in [0.1, 0.15) is 11.4 Å². The van der Waals surface area contributed by atoms with Gasteiger partial charge < -0.3 is 10.1 Å². The smallest absolute Gasteiger partial charge is 0.239 e. The zero-order chi connectivity index (χ0) is 25.8. The van der Waals surface area contributed by atoms with E-state index in [1.54, 1.807) is 30.1 Å². The molecule has 4 aromatic rings. The van der Waals surface area contributed by atoms with Gasteiger partial charge in [0.25, 0.3) is 0 Å². The molecule has 186 valence electrons. The Morgan fingerprint density at radius 3 is 2.62 bits per heavy atom. The Hall–Kier alpha value is -3.59. The summed E-state index contributed by atoms with van der Waals surface area (Å²) in [5.41, 5.74) is 4.20. The number of halogens is 2.